The second kappa shape index (κ2) is 12.4. The summed E-state index contributed by atoms with van der Waals surface area (Å²) >= 11 is 0. The molecule has 2 heterocycles. The zero-order valence-corrected chi connectivity index (χ0v) is 20.2. The summed E-state index contributed by atoms with van der Waals surface area (Å²) in [4.78, 5) is 69.8. The smallest absolute Gasteiger partial charge is 0.330 e. The number of aliphatic hydroxyl groups excluding tert-OH is 1. The van der Waals surface area contributed by atoms with Crippen LogP contribution in [0.5, 0.6) is 0 Å². The standard InChI is InChI=1S/C13H24N3O16P3/c14-1-2-27-3-4-28-7-8-6-16(13(19)15-11(8)18)10-5-9(17)12(29-10)30-34(23,24)32-35(25,26)31-33(20,21)22/h6,9-10,12,17H,1-5,7,14H2,(H,23,24)(H,25,26)(H,15,18,19)(H2,20,21,22)/p-4. The number of phosphoric ester groups is 1. The molecule has 1 aliphatic rings. The van der Waals surface area contributed by atoms with Crippen LogP contribution in [0.15, 0.2) is 15.8 Å². The first-order valence-corrected chi connectivity index (χ1v) is 13.8. The quantitative estimate of drug-likeness (QED) is 0.141. The minimum absolute atomic E-state index is 0.0483. The van der Waals surface area contributed by atoms with Gasteiger partial charge in [0.15, 0.2) is 6.29 Å². The molecule has 0 aromatic carbocycles. The number of H-pyrrole nitrogens is 1. The highest BCUT2D eigenvalue weighted by Gasteiger charge is 2.39. The fourth-order valence-corrected chi connectivity index (χ4v) is 5.57. The van der Waals surface area contributed by atoms with Crippen LogP contribution in [-0.4, -0.2) is 53.4 Å². The number of nitrogens with one attached hydrogen (secondary N) is 1. The van der Waals surface area contributed by atoms with E-state index < -0.39 is 59.8 Å². The van der Waals surface area contributed by atoms with Gasteiger partial charge in [-0.25, -0.2) is 9.11 Å². The summed E-state index contributed by atoms with van der Waals surface area (Å²) in [5.41, 5.74) is 3.41. The number of ether oxygens (including phenoxy) is 3. The van der Waals surface area contributed by atoms with E-state index in [2.05, 4.69) is 13.1 Å². The van der Waals surface area contributed by atoms with Crippen LogP contribution >= 0.6 is 23.5 Å². The number of aliphatic hydroxyl groups is 1. The number of aromatic nitrogens is 2. The summed E-state index contributed by atoms with van der Waals surface area (Å²) in [6.07, 6.45) is -4.78. The average molecular weight is 567 g/mol. The topological polar surface area (TPSA) is 300 Å². The van der Waals surface area contributed by atoms with E-state index in [1.54, 1.807) is 0 Å². The van der Waals surface area contributed by atoms with Crippen molar-refractivity contribution in [1.82, 2.24) is 9.55 Å². The maximum Gasteiger partial charge on any atom is 0.330 e. The van der Waals surface area contributed by atoms with Crippen LogP contribution in [0.4, 0.5) is 0 Å². The Kier molecular flexibility index (Phi) is 10.7. The van der Waals surface area contributed by atoms with E-state index in [9.17, 15) is 48.0 Å². The van der Waals surface area contributed by atoms with Gasteiger partial charge in [0.25, 0.3) is 21.2 Å². The molecule has 1 aromatic rings. The molecule has 1 saturated heterocycles. The van der Waals surface area contributed by atoms with Gasteiger partial charge in [-0.15, -0.1) is 0 Å². The Morgan fingerprint density at radius 2 is 1.74 bits per heavy atom. The molecule has 19 nitrogen and oxygen atoms in total. The van der Waals surface area contributed by atoms with Crippen molar-refractivity contribution in [2.24, 2.45) is 5.73 Å². The molecule has 1 aliphatic heterocycles. The largest absolute Gasteiger partial charge is 0.790 e. The lowest BCUT2D eigenvalue weighted by Gasteiger charge is -2.38. The Morgan fingerprint density at radius 3 is 2.37 bits per heavy atom. The monoisotopic (exact) mass is 567 g/mol. The number of aromatic amines is 1. The highest BCUT2D eigenvalue weighted by atomic mass is 31.3. The highest BCUT2D eigenvalue weighted by Crippen LogP contribution is 2.61. The van der Waals surface area contributed by atoms with Gasteiger partial charge in [-0.2, -0.15) is 0 Å². The van der Waals surface area contributed by atoms with Crippen molar-refractivity contribution in [3.8, 4) is 0 Å². The van der Waals surface area contributed by atoms with E-state index in [0.717, 1.165) is 10.8 Å². The molecule has 0 radical (unpaired) electrons. The molecule has 5 unspecified atom stereocenters. The second-order valence-corrected chi connectivity index (χ2v) is 10.8. The zero-order valence-electron chi connectivity index (χ0n) is 17.5. The van der Waals surface area contributed by atoms with Crippen molar-refractivity contribution in [2.45, 2.75) is 31.6 Å². The molecule has 0 spiro atoms. The van der Waals surface area contributed by atoms with Gasteiger partial charge in [0.2, 0.25) is 0 Å². The lowest BCUT2D eigenvalue weighted by Crippen LogP contribution is -2.34. The number of hydrogen-bond donors (Lipinski definition) is 3. The van der Waals surface area contributed by atoms with Crippen molar-refractivity contribution in [3.63, 3.8) is 0 Å². The first-order valence-electron chi connectivity index (χ1n) is 9.41. The Bertz CT molecular complexity index is 1120. The van der Waals surface area contributed by atoms with E-state index in [4.69, 9.17) is 19.9 Å². The normalized spacial score (nSPS) is 24.2. The number of hydrogen-bond acceptors (Lipinski definition) is 17. The van der Waals surface area contributed by atoms with Gasteiger partial charge in [-0.05, 0) is 0 Å². The van der Waals surface area contributed by atoms with Crippen LogP contribution in [0.2, 0.25) is 0 Å². The van der Waals surface area contributed by atoms with Crippen LogP contribution in [-0.2, 0) is 47.7 Å². The number of phosphoric acid groups is 3. The van der Waals surface area contributed by atoms with Crippen LogP contribution in [0.3, 0.4) is 0 Å². The molecule has 0 aliphatic carbocycles. The summed E-state index contributed by atoms with van der Waals surface area (Å²) in [6, 6.07) is 0. The third kappa shape index (κ3) is 10.0. The Morgan fingerprint density at radius 1 is 1.09 bits per heavy atom. The van der Waals surface area contributed by atoms with Gasteiger partial charge in [0, 0.05) is 19.2 Å². The van der Waals surface area contributed by atoms with E-state index in [1.165, 1.54) is 0 Å². The highest BCUT2D eigenvalue weighted by molar-refractivity contribution is 7.64. The van der Waals surface area contributed by atoms with E-state index in [1.807, 2.05) is 4.98 Å². The molecule has 5 atom stereocenters. The van der Waals surface area contributed by atoms with E-state index >= 15 is 0 Å². The number of rotatable bonds is 14. The van der Waals surface area contributed by atoms with Crippen LogP contribution in [0.25, 0.3) is 0 Å². The van der Waals surface area contributed by atoms with Crippen molar-refractivity contribution in [1.29, 1.82) is 0 Å². The Balaban J connectivity index is 2.06. The first-order chi connectivity index (χ1) is 16.1. The predicted octanol–water partition coefficient (Wildman–Crippen LogP) is -4.55. The van der Waals surface area contributed by atoms with Gasteiger partial charge >= 0.3 is 5.69 Å². The van der Waals surface area contributed by atoms with Crippen molar-refractivity contribution >= 4 is 23.5 Å². The van der Waals surface area contributed by atoms with E-state index in [-0.39, 0.29) is 25.4 Å². The summed E-state index contributed by atoms with van der Waals surface area (Å²) in [5.74, 6) is 0. The second-order valence-electron chi connectivity index (χ2n) is 6.65. The van der Waals surface area contributed by atoms with Gasteiger partial charge in [0.05, 0.1) is 39.8 Å². The lowest BCUT2D eigenvalue weighted by molar-refractivity contribution is -0.339. The molecule has 4 N–H and O–H groups in total. The third-order valence-electron chi connectivity index (χ3n) is 3.93. The summed E-state index contributed by atoms with van der Waals surface area (Å²) < 4.78 is 60.2. The fourth-order valence-electron chi connectivity index (χ4n) is 2.63. The molecule has 1 fully saturated rings. The first kappa shape index (κ1) is 30.1. The molecule has 202 valence electrons. The molecule has 2 rings (SSSR count). The third-order valence-corrected chi connectivity index (χ3v) is 7.59. The molecule has 0 saturated carbocycles. The Hall–Kier alpha value is -1.11. The van der Waals surface area contributed by atoms with Crippen molar-refractivity contribution in [2.75, 3.05) is 26.4 Å². The molecule has 0 amide bonds. The fraction of sp³-hybridized carbons (Fsp3) is 0.692. The average Bonchev–Trinajstić information content (AvgIpc) is 3.02. The molecule has 35 heavy (non-hydrogen) atoms. The Labute approximate surface area is 195 Å². The zero-order chi connectivity index (χ0) is 26.4. The van der Waals surface area contributed by atoms with Crippen molar-refractivity contribution in [3.05, 3.63) is 32.6 Å². The minimum Gasteiger partial charge on any atom is -0.790 e. The number of nitrogens with zero attached hydrogens (tertiary/aromatic N) is 1. The molecular formula is C13H20N3O16P3-4. The van der Waals surface area contributed by atoms with Gasteiger partial charge in [-0.3, -0.25) is 32.3 Å². The lowest BCUT2D eigenvalue weighted by atomic mass is 10.2. The van der Waals surface area contributed by atoms with E-state index in [0.29, 0.717) is 13.2 Å². The van der Waals surface area contributed by atoms with Crippen LogP contribution < -0.4 is 36.6 Å². The number of nitrogens with two attached hydrogens (primary N) is 1. The SMILES string of the molecule is NCCOCCOCc1cn(C2CC(O)C(OP(=O)([O-])OP(=O)([O-])OP(=O)([O-])[O-])O2)c(=O)[nH]c1=O. The molecule has 0 bridgehead atoms. The van der Waals surface area contributed by atoms with Crippen molar-refractivity contribution < 1.29 is 65.7 Å². The summed E-state index contributed by atoms with van der Waals surface area (Å²) in [5, 5.41) is 10.0. The van der Waals surface area contributed by atoms with Crippen LogP contribution in [0.1, 0.15) is 18.2 Å². The minimum atomic E-state index is -6.23. The van der Waals surface area contributed by atoms with Crippen LogP contribution in [0, 0.1) is 0 Å². The summed E-state index contributed by atoms with van der Waals surface area (Å²) in [6.45, 7) is 0.627. The molecule has 22 heteroatoms. The summed E-state index contributed by atoms with van der Waals surface area (Å²) in [7, 11) is -18.4. The maximum absolute atomic E-state index is 12.2. The van der Waals surface area contributed by atoms with Gasteiger partial charge < -0.3 is 49.2 Å². The maximum atomic E-state index is 12.2. The van der Waals surface area contributed by atoms with Gasteiger partial charge in [0.1, 0.15) is 12.3 Å². The molecule has 1 aromatic heterocycles. The predicted molar refractivity (Wildman–Crippen MR) is 101 cm³/mol. The molecular weight excluding hydrogens is 547 g/mol. The van der Waals surface area contributed by atoms with Gasteiger partial charge in [-0.1, -0.05) is 0 Å².